The molecule has 0 radical (unpaired) electrons. The Morgan fingerprint density at radius 3 is 1.85 bits per heavy atom. The van der Waals surface area contributed by atoms with Gasteiger partial charge in [-0.25, -0.2) is 0 Å². The van der Waals surface area contributed by atoms with Crippen LogP contribution in [-0.4, -0.2) is 38.1 Å². The molecule has 0 aromatic heterocycles. The molecular weight excluding hydrogens is 168 g/mol. The Morgan fingerprint density at radius 2 is 1.62 bits per heavy atom. The molecular formula is C10H18O3. The Hall–Kier alpha value is -0.120. The molecule has 0 bridgehead atoms. The van der Waals surface area contributed by atoms with E-state index >= 15 is 0 Å². The van der Waals surface area contributed by atoms with Gasteiger partial charge in [-0.3, -0.25) is 0 Å². The van der Waals surface area contributed by atoms with Crippen LogP contribution in [0.5, 0.6) is 0 Å². The average Bonchev–Trinajstić information content (AvgIpc) is 2.02. The van der Waals surface area contributed by atoms with Gasteiger partial charge in [-0.1, -0.05) is 6.92 Å². The maximum absolute atomic E-state index is 9.29. The second-order valence-electron chi connectivity index (χ2n) is 4.67. The van der Waals surface area contributed by atoms with E-state index in [1.807, 2.05) is 0 Å². The average molecular weight is 186 g/mol. The number of hydrogen-bond donors (Lipinski definition) is 1. The summed E-state index contributed by atoms with van der Waals surface area (Å²) in [5.41, 5.74) is 0.395. The summed E-state index contributed by atoms with van der Waals surface area (Å²) in [7, 11) is 0. The van der Waals surface area contributed by atoms with Crippen molar-refractivity contribution in [2.24, 2.45) is 10.8 Å². The molecule has 1 N–H and O–H groups in total. The van der Waals surface area contributed by atoms with Gasteiger partial charge in [-0.2, -0.15) is 0 Å². The first-order chi connectivity index (χ1) is 6.24. The number of ether oxygens (including phenoxy) is 2. The maximum Gasteiger partial charge on any atom is 0.0567 e. The quantitative estimate of drug-likeness (QED) is 0.706. The molecule has 13 heavy (non-hydrogen) atoms. The van der Waals surface area contributed by atoms with E-state index in [9.17, 15) is 5.11 Å². The summed E-state index contributed by atoms with van der Waals surface area (Å²) >= 11 is 0. The number of hydrogen-bond acceptors (Lipinski definition) is 3. The molecule has 0 saturated carbocycles. The van der Waals surface area contributed by atoms with Crippen LogP contribution in [-0.2, 0) is 9.47 Å². The Kier molecular flexibility index (Phi) is 2.34. The number of aliphatic hydroxyl groups is 1. The van der Waals surface area contributed by atoms with Gasteiger partial charge in [-0.05, 0) is 12.8 Å². The zero-order valence-electron chi connectivity index (χ0n) is 8.21. The molecule has 0 atom stereocenters. The third-order valence-corrected chi connectivity index (χ3v) is 3.47. The fourth-order valence-corrected chi connectivity index (χ4v) is 2.26. The molecule has 0 unspecified atom stereocenters. The number of aliphatic hydroxyl groups excluding tert-OH is 1. The third kappa shape index (κ3) is 1.49. The molecule has 0 aromatic carbocycles. The normalized spacial score (nSPS) is 29.1. The zero-order valence-corrected chi connectivity index (χ0v) is 8.21. The minimum absolute atomic E-state index is 0.0553. The van der Waals surface area contributed by atoms with Crippen LogP contribution in [0.15, 0.2) is 0 Å². The van der Waals surface area contributed by atoms with Crippen molar-refractivity contribution in [2.75, 3.05) is 33.0 Å². The maximum atomic E-state index is 9.29. The molecule has 2 saturated heterocycles. The molecule has 2 fully saturated rings. The van der Waals surface area contributed by atoms with E-state index in [0.29, 0.717) is 5.41 Å². The van der Waals surface area contributed by atoms with Gasteiger partial charge in [0.05, 0.1) is 33.0 Å². The second-order valence-corrected chi connectivity index (χ2v) is 4.67. The molecule has 3 heteroatoms. The van der Waals surface area contributed by atoms with E-state index in [-0.39, 0.29) is 12.0 Å². The van der Waals surface area contributed by atoms with Gasteiger partial charge in [0.15, 0.2) is 0 Å². The monoisotopic (exact) mass is 186 g/mol. The lowest BCUT2D eigenvalue weighted by atomic mass is 9.68. The highest BCUT2D eigenvalue weighted by molar-refractivity contribution is 4.95. The highest BCUT2D eigenvalue weighted by Crippen LogP contribution is 2.45. The number of rotatable bonds is 4. The fourth-order valence-electron chi connectivity index (χ4n) is 2.26. The van der Waals surface area contributed by atoms with Gasteiger partial charge in [0.1, 0.15) is 0 Å². The largest absolute Gasteiger partial charge is 0.396 e. The first-order valence-corrected chi connectivity index (χ1v) is 5.01. The third-order valence-electron chi connectivity index (χ3n) is 3.47. The van der Waals surface area contributed by atoms with Gasteiger partial charge in [0.25, 0.3) is 0 Å². The molecule has 3 nitrogen and oxygen atoms in total. The van der Waals surface area contributed by atoms with Crippen LogP contribution < -0.4 is 0 Å². The predicted octanol–water partition coefficient (Wildman–Crippen LogP) is 0.812. The minimum Gasteiger partial charge on any atom is -0.396 e. The Labute approximate surface area is 79.0 Å². The molecule has 0 spiro atoms. The topological polar surface area (TPSA) is 38.7 Å². The lowest BCUT2D eigenvalue weighted by molar-refractivity contribution is -0.201. The van der Waals surface area contributed by atoms with E-state index < -0.39 is 0 Å². The van der Waals surface area contributed by atoms with Crippen LogP contribution in [0.1, 0.15) is 19.8 Å². The summed E-state index contributed by atoms with van der Waals surface area (Å²) < 4.78 is 10.5. The highest BCUT2D eigenvalue weighted by atomic mass is 16.5. The fraction of sp³-hybridized carbons (Fsp3) is 1.00. The smallest absolute Gasteiger partial charge is 0.0567 e. The van der Waals surface area contributed by atoms with Crippen molar-refractivity contribution in [1.82, 2.24) is 0 Å². The van der Waals surface area contributed by atoms with E-state index in [4.69, 9.17) is 9.47 Å². The first-order valence-electron chi connectivity index (χ1n) is 5.01. The molecule has 0 aromatic rings. The van der Waals surface area contributed by atoms with Crippen molar-refractivity contribution in [3.8, 4) is 0 Å². The molecule has 0 amide bonds. The van der Waals surface area contributed by atoms with Crippen molar-refractivity contribution in [3.63, 3.8) is 0 Å². The molecule has 2 rings (SSSR count). The van der Waals surface area contributed by atoms with E-state index in [1.54, 1.807) is 0 Å². The second kappa shape index (κ2) is 3.23. The molecule has 76 valence electrons. The van der Waals surface area contributed by atoms with Gasteiger partial charge in [-0.15, -0.1) is 0 Å². The van der Waals surface area contributed by atoms with Gasteiger partial charge < -0.3 is 14.6 Å². The lowest BCUT2D eigenvalue weighted by Gasteiger charge is -2.50. The SMILES string of the molecule is CCC1(CC2(CO)COC2)COC1. The first kappa shape index (κ1) is 9.44. The molecule has 2 heterocycles. The van der Waals surface area contributed by atoms with Crippen LogP contribution in [0, 0.1) is 10.8 Å². The van der Waals surface area contributed by atoms with E-state index in [1.165, 1.54) is 0 Å². The van der Waals surface area contributed by atoms with Crippen molar-refractivity contribution >= 4 is 0 Å². The standard InChI is InChI=1S/C10H18O3/c1-2-9(5-12-6-9)3-10(4-11)7-13-8-10/h11H,2-8H2,1H3. The van der Waals surface area contributed by atoms with E-state index in [2.05, 4.69) is 6.92 Å². The van der Waals surface area contributed by atoms with Gasteiger partial charge >= 0.3 is 0 Å². The van der Waals surface area contributed by atoms with Crippen molar-refractivity contribution in [2.45, 2.75) is 19.8 Å². The van der Waals surface area contributed by atoms with Crippen LogP contribution in [0.4, 0.5) is 0 Å². The Balaban J connectivity index is 1.94. The predicted molar refractivity (Wildman–Crippen MR) is 48.5 cm³/mol. The summed E-state index contributed by atoms with van der Waals surface area (Å²) in [6.07, 6.45) is 2.21. The van der Waals surface area contributed by atoms with Crippen molar-refractivity contribution < 1.29 is 14.6 Å². The summed E-state index contributed by atoms with van der Waals surface area (Å²) in [6.45, 7) is 5.65. The highest BCUT2D eigenvalue weighted by Gasteiger charge is 2.48. The van der Waals surface area contributed by atoms with Crippen molar-refractivity contribution in [1.29, 1.82) is 0 Å². The Morgan fingerprint density at radius 1 is 1.08 bits per heavy atom. The van der Waals surface area contributed by atoms with Crippen LogP contribution in [0.3, 0.4) is 0 Å². The van der Waals surface area contributed by atoms with Crippen LogP contribution >= 0.6 is 0 Å². The lowest BCUT2D eigenvalue weighted by Crippen LogP contribution is -2.54. The van der Waals surface area contributed by atoms with Crippen molar-refractivity contribution in [3.05, 3.63) is 0 Å². The van der Waals surface area contributed by atoms with Gasteiger partial charge in [0, 0.05) is 10.8 Å². The van der Waals surface area contributed by atoms with Gasteiger partial charge in [0.2, 0.25) is 0 Å². The summed E-state index contributed by atoms with van der Waals surface area (Å²) in [5, 5.41) is 9.29. The summed E-state index contributed by atoms with van der Waals surface area (Å²) in [5.74, 6) is 0. The molecule has 2 aliphatic rings. The van der Waals surface area contributed by atoms with E-state index in [0.717, 1.165) is 39.3 Å². The van der Waals surface area contributed by atoms with Crippen LogP contribution in [0.25, 0.3) is 0 Å². The molecule has 2 aliphatic heterocycles. The minimum atomic E-state index is 0.0553. The molecule has 0 aliphatic carbocycles. The Bertz CT molecular complexity index is 152. The zero-order chi connectivity index (χ0) is 9.36. The summed E-state index contributed by atoms with van der Waals surface area (Å²) in [4.78, 5) is 0. The summed E-state index contributed by atoms with van der Waals surface area (Å²) in [6, 6.07) is 0. The van der Waals surface area contributed by atoms with Crippen LogP contribution in [0.2, 0.25) is 0 Å².